The topological polar surface area (TPSA) is 18.5 Å². The maximum absolute atomic E-state index is 13.1. The van der Waals surface area contributed by atoms with E-state index in [0.29, 0.717) is 6.61 Å². The van der Waals surface area contributed by atoms with Gasteiger partial charge in [0.25, 0.3) is 0 Å². The molecule has 20 heavy (non-hydrogen) atoms. The van der Waals surface area contributed by atoms with E-state index < -0.39 is 20.2 Å². The van der Waals surface area contributed by atoms with Gasteiger partial charge in [-0.3, -0.25) is 0 Å². The van der Waals surface area contributed by atoms with Crippen LogP contribution in [0, 0.1) is 11.6 Å². The van der Waals surface area contributed by atoms with Crippen LogP contribution >= 0.6 is 0 Å². The second-order valence-corrected chi connectivity index (χ2v) is 8.66. The molecule has 0 atom stereocenters. The average molecular weight is 302 g/mol. The third kappa shape index (κ3) is 7.00. The van der Waals surface area contributed by atoms with Crippen molar-refractivity contribution in [1.82, 2.24) is 0 Å². The van der Waals surface area contributed by atoms with Crippen LogP contribution in [0.15, 0.2) is 18.2 Å². The van der Waals surface area contributed by atoms with E-state index in [4.69, 9.17) is 8.85 Å². The van der Waals surface area contributed by atoms with Gasteiger partial charge in [-0.15, -0.1) is 0 Å². The number of unbranched alkanes of at least 4 members (excludes halogenated alkanes) is 4. The van der Waals surface area contributed by atoms with E-state index in [0.717, 1.165) is 18.9 Å². The smallest absolute Gasteiger partial charge is 0.392 e. The van der Waals surface area contributed by atoms with Gasteiger partial charge in [0.2, 0.25) is 0 Å². The summed E-state index contributed by atoms with van der Waals surface area (Å²) >= 11 is 0. The third-order valence-corrected chi connectivity index (χ3v) is 4.52. The molecular weight excluding hydrogens is 278 g/mol. The Morgan fingerprint density at radius 3 is 2.15 bits per heavy atom. The zero-order valence-electron chi connectivity index (χ0n) is 12.5. The molecule has 0 unspecified atom stereocenters. The first-order valence-electron chi connectivity index (χ1n) is 7.22. The molecular formula is C15H24F2O2Si. The third-order valence-electron chi connectivity index (χ3n) is 2.90. The summed E-state index contributed by atoms with van der Waals surface area (Å²) in [5, 5.41) is 0. The van der Waals surface area contributed by atoms with Crippen LogP contribution in [0.1, 0.15) is 39.0 Å². The van der Waals surface area contributed by atoms with Crippen molar-refractivity contribution < 1.29 is 17.6 Å². The van der Waals surface area contributed by atoms with Gasteiger partial charge in [-0.25, -0.2) is 8.78 Å². The van der Waals surface area contributed by atoms with Gasteiger partial charge in [-0.05, 0) is 19.5 Å². The van der Waals surface area contributed by atoms with Gasteiger partial charge in [-0.2, -0.15) is 0 Å². The van der Waals surface area contributed by atoms with Crippen molar-refractivity contribution in [2.24, 2.45) is 0 Å². The minimum Gasteiger partial charge on any atom is -0.520 e. The summed E-state index contributed by atoms with van der Waals surface area (Å²) in [4.78, 5) is 0. The van der Waals surface area contributed by atoms with E-state index in [9.17, 15) is 8.78 Å². The molecule has 0 amide bonds. The highest BCUT2D eigenvalue weighted by Crippen LogP contribution is 2.20. The molecule has 0 heterocycles. The molecule has 0 saturated heterocycles. The molecule has 1 aromatic rings. The molecule has 5 heteroatoms. The van der Waals surface area contributed by atoms with Crippen molar-refractivity contribution in [3.8, 4) is 5.75 Å². The predicted octanol–water partition coefficient (Wildman–Crippen LogP) is 5.03. The summed E-state index contributed by atoms with van der Waals surface area (Å²) in [6.07, 6.45) is 5.83. The van der Waals surface area contributed by atoms with Gasteiger partial charge < -0.3 is 8.85 Å². The fourth-order valence-electron chi connectivity index (χ4n) is 1.92. The molecule has 0 aliphatic carbocycles. The normalized spacial score (nSPS) is 11.7. The summed E-state index contributed by atoms with van der Waals surface area (Å²) < 4.78 is 37.6. The van der Waals surface area contributed by atoms with Crippen LogP contribution in [-0.4, -0.2) is 15.2 Å². The highest BCUT2D eigenvalue weighted by molar-refractivity contribution is 6.65. The summed E-state index contributed by atoms with van der Waals surface area (Å²) in [5.74, 6) is -1.07. The van der Waals surface area contributed by atoms with Crippen LogP contribution < -0.4 is 4.43 Å². The van der Waals surface area contributed by atoms with Crippen LogP contribution in [0.25, 0.3) is 0 Å². The monoisotopic (exact) mass is 302 g/mol. The number of hydrogen-bond donors (Lipinski definition) is 0. The van der Waals surface area contributed by atoms with E-state index in [1.165, 1.54) is 31.4 Å². The Bertz CT molecular complexity index is 391. The lowest BCUT2D eigenvalue weighted by atomic mass is 10.2. The Kier molecular flexibility index (Phi) is 7.16. The summed E-state index contributed by atoms with van der Waals surface area (Å²) in [5.41, 5.74) is 0. The van der Waals surface area contributed by atoms with Gasteiger partial charge in [-0.1, -0.05) is 32.6 Å². The fraction of sp³-hybridized carbons (Fsp3) is 0.600. The Labute approximate surface area is 121 Å². The maximum Gasteiger partial charge on any atom is 0.392 e. The Morgan fingerprint density at radius 1 is 0.950 bits per heavy atom. The molecule has 0 bridgehead atoms. The second kappa shape index (κ2) is 8.37. The predicted molar refractivity (Wildman–Crippen MR) is 79.2 cm³/mol. The first-order valence-corrected chi connectivity index (χ1v) is 10.0. The van der Waals surface area contributed by atoms with Crippen molar-refractivity contribution in [2.75, 3.05) is 6.61 Å². The first-order chi connectivity index (χ1) is 9.43. The molecule has 0 aromatic heterocycles. The summed E-state index contributed by atoms with van der Waals surface area (Å²) in [6.45, 7) is 6.57. The van der Waals surface area contributed by atoms with Crippen molar-refractivity contribution in [3.63, 3.8) is 0 Å². The van der Waals surface area contributed by atoms with Crippen LogP contribution in [0.2, 0.25) is 13.1 Å². The van der Waals surface area contributed by atoms with Crippen LogP contribution in [0.3, 0.4) is 0 Å². The molecule has 0 N–H and O–H groups in total. The number of benzene rings is 1. The highest BCUT2D eigenvalue weighted by atomic mass is 28.4. The summed E-state index contributed by atoms with van der Waals surface area (Å²) in [6, 6.07) is 3.20. The second-order valence-electron chi connectivity index (χ2n) is 5.37. The first kappa shape index (κ1) is 17.1. The lowest BCUT2D eigenvalue weighted by Gasteiger charge is -2.24. The Hall–Kier alpha value is -0.943. The lowest BCUT2D eigenvalue weighted by Crippen LogP contribution is -2.38. The zero-order valence-corrected chi connectivity index (χ0v) is 13.5. The largest absolute Gasteiger partial charge is 0.520 e. The lowest BCUT2D eigenvalue weighted by molar-refractivity contribution is 0.240. The minimum absolute atomic E-state index is 0.199. The minimum atomic E-state index is -2.39. The number of hydrogen-bond acceptors (Lipinski definition) is 2. The van der Waals surface area contributed by atoms with Crippen LogP contribution in [-0.2, 0) is 4.43 Å². The average Bonchev–Trinajstić information content (AvgIpc) is 2.31. The van der Waals surface area contributed by atoms with Gasteiger partial charge in [0, 0.05) is 24.8 Å². The quantitative estimate of drug-likeness (QED) is 0.470. The molecule has 0 saturated carbocycles. The van der Waals surface area contributed by atoms with Gasteiger partial charge in [0.1, 0.15) is 17.4 Å². The standard InChI is InChI=1S/C15H24F2O2Si/c1-4-5-6-7-8-9-18-20(2,3)19-15-11-13(16)10-14(17)12-15/h10-12H,4-9H2,1-3H3. The van der Waals surface area contributed by atoms with Gasteiger partial charge >= 0.3 is 8.56 Å². The summed E-state index contributed by atoms with van der Waals surface area (Å²) in [7, 11) is -2.39. The van der Waals surface area contributed by atoms with Crippen molar-refractivity contribution in [3.05, 3.63) is 29.8 Å². The molecule has 0 aliphatic heterocycles. The maximum atomic E-state index is 13.1. The molecule has 0 spiro atoms. The number of rotatable bonds is 9. The van der Waals surface area contributed by atoms with Crippen LogP contribution in [0.5, 0.6) is 5.75 Å². The Balaban J connectivity index is 2.36. The van der Waals surface area contributed by atoms with E-state index in [-0.39, 0.29) is 5.75 Å². The molecule has 1 aromatic carbocycles. The number of halogens is 2. The van der Waals surface area contributed by atoms with E-state index >= 15 is 0 Å². The fourth-order valence-corrected chi connectivity index (χ4v) is 3.30. The molecule has 114 valence electrons. The van der Waals surface area contributed by atoms with Crippen molar-refractivity contribution >= 4 is 8.56 Å². The van der Waals surface area contributed by atoms with Crippen molar-refractivity contribution in [2.45, 2.75) is 52.1 Å². The molecule has 1 rings (SSSR count). The molecule has 0 aliphatic rings. The van der Waals surface area contributed by atoms with Crippen LogP contribution in [0.4, 0.5) is 8.78 Å². The van der Waals surface area contributed by atoms with E-state index in [1.54, 1.807) is 0 Å². The van der Waals surface area contributed by atoms with E-state index in [2.05, 4.69) is 6.92 Å². The Morgan fingerprint density at radius 2 is 1.55 bits per heavy atom. The zero-order chi connectivity index (χ0) is 15.0. The van der Waals surface area contributed by atoms with Gasteiger partial charge in [0.15, 0.2) is 0 Å². The molecule has 0 radical (unpaired) electrons. The molecule has 0 fully saturated rings. The SMILES string of the molecule is CCCCCCCO[Si](C)(C)Oc1cc(F)cc(F)c1. The molecule has 2 nitrogen and oxygen atoms in total. The van der Waals surface area contributed by atoms with Crippen molar-refractivity contribution in [1.29, 1.82) is 0 Å². The highest BCUT2D eigenvalue weighted by Gasteiger charge is 2.26. The van der Waals surface area contributed by atoms with Gasteiger partial charge in [0.05, 0.1) is 0 Å². The van der Waals surface area contributed by atoms with E-state index in [1.807, 2.05) is 13.1 Å².